The number of anilines is 2. The van der Waals surface area contributed by atoms with Gasteiger partial charge in [-0.1, -0.05) is 0 Å². The Morgan fingerprint density at radius 1 is 1.23 bits per heavy atom. The molecule has 2 aromatic heterocycles. The average Bonchev–Trinajstić information content (AvgIpc) is 3.08. The Labute approximate surface area is 129 Å². The molecule has 3 rings (SSSR count). The lowest BCUT2D eigenvalue weighted by Gasteiger charge is -2.28. The van der Waals surface area contributed by atoms with E-state index in [0.29, 0.717) is 11.6 Å². The van der Waals surface area contributed by atoms with Crippen LogP contribution in [0.15, 0.2) is 47.2 Å². The van der Waals surface area contributed by atoms with Gasteiger partial charge in [0, 0.05) is 19.2 Å². The monoisotopic (exact) mass is 297 g/mol. The number of carbonyl (C=O) groups excluding carboxylic acids is 1. The van der Waals surface area contributed by atoms with E-state index in [1.165, 1.54) is 25.3 Å². The van der Waals surface area contributed by atoms with Crippen LogP contribution < -0.4 is 10.2 Å². The summed E-state index contributed by atoms with van der Waals surface area (Å²) in [4.78, 5) is 18.4. The maximum absolute atomic E-state index is 11.8. The SMILES string of the molecule is O=C(C=Cc1ccco1)Nc1ccc(N2CCCCC2)cn1. The summed E-state index contributed by atoms with van der Waals surface area (Å²) < 4.78 is 5.13. The molecule has 1 aliphatic rings. The number of piperidine rings is 1. The average molecular weight is 297 g/mol. The smallest absolute Gasteiger partial charge is 0.249 e. The van der Waals surface area contributed by atoms with Crippen LogP contribution in [-0.2, 0) is 4.79 Å². The molecule has 1 aliphatic heterocycles. The number of aromatic nitrogens is 1. The maximum Gasteiger partial charge on any atom is 0.249 e. The fraction of sp³-hybridized carbons (Fsp3) is 0.294. The number of hydrogen-bond donors (Lipinski definition) is 1. The molecule has 0 aliphatic carbocycles. The second kappa shape index (κ2) is 6.93. The first-order valence-electron chi connectivity index (χ1n) is 7.55. The molecule has 0 bridgehead atoms. The number of carbonyl (C=O) groups is 1. The number of nitrogens with one attached hydrogen (secondary N) is 1. The van der Waals surface area contributed by atoms with Gasteiger partial charge in [-0.05, 0) is 49.6 Å². The van der Waals surface area contributed by atoms with Gasteiger partial charge in [-0.15, -0.1) is 0 Å². The van der Waals surface area contributed by atoms with Crippen LogP contribution in [0, 0.1) is 0 Å². The molecule has 1 amide bonds. The van der Waals surface area contributed by atoms with Gasteiger partial charge in [0.2, 0.25) is 5.91 Å². The number of hydrogen-bond acceptors (Lipinski definition) is 4. The van der Waals surface area contributed by atoms with Crippen LogP contribution in [0.5, 0.6) is 0 Å². The van der Waals surface area contributed by atoms with E-state index >= 15 is 0 Å². The number of rotatable bonds is 4. The van der Waals surface area contributed by atoms with Crippen LogP contribution in [0.25, 0.3) is 6.08 Å². The van der Waals surface area contributed by atoms with Gasteiger partial charge >= 0.3 is 0 Å². The predicted molar refractivity (Wildman–Crippen MR) is 86.7 cm³/mol. The number of amides is 1. The summed E-state index contributed by atoms with van der Waals surface area (Å²) >= 11 is 0. The summed E-state index contributed by atoms with van der Waals surface area (Å²) in [5.74, 6) is 0.966. The fourth-order valence-electron chi connectivity index (χ4n) is 2.51. The van der Waals surface area contributed by atoms with Crippen molar-refractivity contribution in [2.75, 3.05) is 23.3 Å². The number of pyridine rings is 1. The molecule has 0 aromatic carbocycles. The molecular weight excluding hydrogens is 278 g/mol. The molecule has 1 N–H and O–H groups in total. The molecule has 0 saturated carbocycles. The number of nitrogens with zero attached hydrogens (tertiary/aromatic N) is 2. The Morgan fingerprint density at radius 3 is 2.77 bits per heavy atom. The molecule has 0 radical (unpaired) electrons. The lowest BCUT2D eigenvalue weighted by molar-refractivity contribution is -0.111. The van der Waals surface area contributed by atoms with E-state index in [0.717, 1.165) is 18.8 Å². The summed E-state index contributed by atoms with van der Waals surface area (Å²) in [5.41, 5.74) is 1.11. The van der Waals surface area contributed by atoms with Gasteiger partial charge in [0.25, 0.3) is 0 Å². The predicted octanol–water partition coefficient (Wildman–Crippen LogP) is 3.32. The first kappa shape index (κ1) is 14.4. The highest BCUT2D eigenvalue weighted by atomic mass is 16.3. The molecular formula is C17H19N3O2. The zero-order chi connectivity index (χ0) is 15.2. The Morgan fingerprint density at radius 2 is 2.09 bits per heavy atom. The second-order valence-electron chi connectivity index (χ2n) is 5.29. The van der Waals surface area contributed by atoms with Crippen molar-refractivity contribution >= 4 is 23.5 Å². The zero-order valence-corrected chi connectivity index (χ0v) is 12.4. The summed E-state index contributed by atoms with van der Waals surface area (Å²) in [6, 6.07) is 7.40. The van der Waals surface area contributed by atoms with E-state index in [9.17, 15) is 4.79 Å². The number of furan rings is 1. The van der Waals surface area contributed by atoms with Gasteiger partial charge < -0.3 is 14.6 Å². The minimum absolute atomic E-state index is 0.227. The van der Waals surface area contributed by atoms with Crippen LogP contribution in [0.4, 0.5) is 11.5 Å². The molecule has 22 heavy (non-hydrogen) atoms. The van der Waals surface area contributed by atoms with Crippen molar-refractivity contribution in [3.63, 3.8) is 0 Å². The lowest BCUT2D eigenvalue weighted by Crippen LogP contribution is -2.29. The lowest BCUT2D eigenvalue weighted by atomic mass is 10.1. The van der Waals surface area contributed by atoms with Crippen molar-refractivity contribution in [3.8, 4) is 0 Å². The van der Waals surface area contributed by atoms with Gasteiger partial charge in [-0.25, -0.2) is 4.98 Å². The molecule has 3 heterocycles. The maximum atomic E-state index is 11.8. The summed E-state index contributed by atoms with van der Waals surface area (Å²) in [5, 5.41) is 2.74. The van der Waals surface area contributed by atoms with Crippen LogP contribution in [0.3, 0.4) is 0 Å². The van der Waals surface area contributed by atoms with Crippen molar-refractivity contribution in [1.82, 2.24) is 4.98 Å². The molecule has 0 spiro atoms. The van der Waals surface area contributed by atoms with Crippen molar-refractivity contribution in [1.29, 1.82) is 0 Å². The summed E-state index contributed by atoms with van der Waals surface area (Å²) in [6.07, 6.45) is 10.2. The summed E-state index contributed by atoms with van der Waals surface area (Å²) in [7, 11) is 0. The van der Waals surface area contributed by atoms with Crippen LogP contribution in [-0.4, -0.2) is 24.0 Å². The second-order valence-corrected chi connectivity index (χ2v) is 5.29. The molecule has 1 fully saturated rings. The highest BCUT2D eigenvalue weighted by Gasteiger charge is 2.11. The Bertz CT molecular complexity index is 626. The van der Waals surface area contributed by atoms with E-state index in [4.69, 9.17) is 4.42 Å². The van der Waals surface area contributed by atoms with Crippen molar-refractivity contribution < 1.29 is 9.21 Å². The minimum Gasteiger partial charge on any atom is -0.465 e. The van der Waals surface area contributed by atoms with Gasteiger partial charge in [0.05, 0.1) is 18.1 Å². The quantitative estimate of drug-likeness (QED) is 0.880. The van der Waals surface area contributed by atoms with Gasteiger partial charge in [0.15, 0.2) is 0 Å². The highest BCUT2D eigenvalue weighted by molar-refractivity contribution is 6.01. The molecule has 2 aromatic rings. The molecule has 0 atom stereocenters. The third-order valence-electron chi connectivity index (χ3n) is 3.66. The standard InChI is InChI=1S/C17H19N3O2/c21-17(9-7-15-5-4-12-22-15)19-16-8-6-14(13-18-16)20-10-2-1-3-11-20/h4-9,12-13H,1-3,10-11H2,(H,18,19,21). The third-order valence-corrected chi connectivity index (χ3v) is 3.66. The topological polar surface area (TPSA) is 58.4 Å². The van der Waals surface area contributed by atoms with Gasteiger partial charge in [-0.3, -0.25) is 4.79 Å². The Balaban J connectivity index is 1.57. The van der Waals surface area contributed by atoms with Crippen LogP contribution >= 0.6 is 0 Å². The molecule has 1 saturated heterocycles. The molecule has 0 unspecified atom stereocenters. The molecule has 5 nitrogen and oxygen atoms in total. The first-order valence-corrected chi connectivity index (χ1v) is 7.55. The van der Waals surface area contributed by atoms with Gasteiger partial charge in [-0.2, -0.15) is 0 Å². The van der Waals surface area contributed by atoms with Crippen LogP contribution in [0.2, 0.25) is 0 Å². The van der Waals surface area contributed by atoms with Crippen LogP contribution in [0.1, 0.15) is 25.0 Å². The summed E-state index contributed by atoms with van der Waals surface area (Å²) in [6.45, 7) is 2.17. The third kappa shape index (κ3) is 3.75. The van der Waals surface area contributed by atoms with Crippen molar-refractivity contribution in [2.24, 2.45) is 0 Å². The molecule has 114 valence electrons. The fourth-order valence-corrected chi connectivity index (χ4v) is 2.51. The van der Waals surface area contributed by atoms with E-state index in [1.54, 1.807) is 24.5 Å². The first-order chi connectivity index (χ1) is 10.8. The van der Waals surface area contributed by atoms with Crippen molar-refractivity contribution in [2.45, 2.75) is 19.3 Å². The zero-order valence-electron chi connectivity index (χ0n) is 12.4. The normalized spacial score (nSPS) is 15.2. The minimum atomic E-state index is -0.227. The Kier molecular flexibility index (Phi) is 4.53. The Hall–Kier alpha value is -2.56. The van der Waals surface area contributed by atoms with Gasteiger partial charge in [0.1, 0.15) is 11.6 Å². The van der Waals surface area contributed by atoms with E-state index in [1.807, 2.05) is 18.3 Å². The van der Waals surface area contributed by atoms with E-state index < -0.39 is 0 Å². The van der Waals surface area contributed by atoms with E-state index in [2.05, 4.69) is 15.2 Å². The van der Waals surface area contributed by atoms with Crippen molar-refractivity contribution in [3.05, 3.63) is 48.6 Å². The largest absolute Gasteiger partial charge is 0.465 e. The highest BCUT2D eigenvalue weighted by Crippen LogP contribution is 2.19. The molecule has 5 heteroatoms. The van der Waals surface area contributed by atoms with E-state index in [-0.39, 0.29) is 5.91 Å².